The van der Waals surface area contributed by atoms with E-state index in [1.54, 1.807) is 0 Å². The highest BCUT2D eigenvalue weighted by atomic mass is 16.5. The van der Waals surface area contributed by atoms with Gasteiger partial charge in [-0.1, -0.05) is 6.92 Å². The van der Waals surface area contributed by atoms with Crippen LogP contribution < -0.4 is 5.32 Å². The molecule has 18 heavy (non-hydrogen) atoms. The number of aliphatic hydroxyl groups is 1. The molecule has 104 valence electrons. The molecule has 2 saturated heterocycles. The summed E-state index contributed by atoms with van der Waals surface area (Å²) in [6.07, 6.45) is 2.55. The van der Waals surface area contributed by atoms with E-state index in [9.17, 15) is 9.90 Å². The van der Waals surface area contributed by atoms with E-state index in [2.05, 4.69) is 12.2 Å². The molecule has 0 aliphatic carbocycles. The number of carbonyl (C=O) groups excluding carboxylic acids is 1. The van der Waals surface area contributed by atoms with E-state index < -0.39 is 0 Å². The molecule has 0 spiro atoms. The first kappa shape index (κ1) is 13.8. The van der Waals surface area contributed by atoms with Crippen LogP contribution in [-0.4, -0.2) is 59.9 Å². The Hall–Kier alpha value is -0.650. The van der Waals surface area contributed by atoms with Gasteiger partial charge in [0.05, 0.1) is 24.4 Å². The van der Waals surface area contributed by atoms with Crippen LogP contribution in [0.5, 0.6) is 0 Å². The zero-order valence-electron chi connectivity index (χ0n) is 11.3. The Balaban J connectivity index is 2.07. The monoisotopic (exact) mass is 256 g/mol. The molecule has 2 aliphatic rings. The van der Waals surface area contributed by atoms with Gasteiger partial charge in [-0.3, -0.25) is 4.79 Å². The molecular formula is C13H24N2O3. The Bertz CT molecular complexity index is 303. The van der Waals surface area contributed by atoms with Gasteiger partial charge in [0.2, 0.25) is 5.91 Å². The molecule has 2 N–H and O–H groups in total. The van der Waals surface area contributed by atoms with Gasteiger partial charge in [-0.2, -0.15) is 0 Å². The van der Waals surface area contributed by atoms with E-state index in [0.717, 1.165) is 25.8 Å². The fraction of sp³-hybridized carbons (Fsp3) is 0.923. The first-order chi connectivity index (χ1) is 8.61. The largest absolute Gasteiger partial charge is 0.394 e. The van der Waals surface area contributed by atoms with Gasteiger partial charge < -0.3 is 20.1 Å². The lowest BCUT2D eigenvalue weighted by Gasteiger charge is -2.40. The number of hydrogen-bond donors (Lipinski definition) is 2. The van der Waals surface area contributed by atoms with Crippen molar-refractivity contribution >= 4 is 5.91 Å². The molecule has 2 aliphatic heterocycles. The summed E-state index contributed by atoms with van der Waals surface area (Å²) in [6.45, 7) is 6.03. The van der Waals surface area contributed by atoms with Gasteiger partial charge in [0, 0.05) is 13.1 Å². The molecule has 5 nitrogen and oxygen atoms in total. The molecule has 0 bridgehead atoms. The summed E-state index contributed by atoms with van der Waals surface area (Å²) < 4.78 is 5.58. The van der Waals surface area contributed by atoms with Gasteiger partial charge in [0.1, 0.15) is 0 Å². The highest BCUT2D eigenvalue weighted by Gasteiger charge is 2.43. The van der Waals surface area contributed by atoms with Gasteiger partial charge >= 0.3 is 0 Å². The van der Waals surface area contributed by atoms with Crippen LogP contribution in [-0.2, 0) is 9.53 Å². The number of nitrogens with one attached hydrogen (secondary N) is 1. The SMILES string of the molecule is CCC1(C(=O)N2CC(C)OC(CO)C2)CCCN1. The Morgan fingerprint density at radius 1 is 1.56 bits per heavy atom. The van der Waals surface area contributed by atoms with Crippen LogP contribution in [0.4, 0.5) is 0 Å². The third-order valence-corrected chi connectivity index (χ3v) is 4.07. The van der Waals surface area contributed by atoms with Crippen LogP contribution in [0.2, 0.25) is 0 Å². The molecule has 1 amide bonds. The van der Waals surface area contributed by atoms with Gasteiger partial charge in [0.25, 0.3) is 0 Å². The summed E-state index contributed by atoms with van der Waals surface area (Å²) in [5.74, 6) is 0.177. The number of carbonyl (C=O) groups is 1. The van der Waals surface area contributed by atoms with Crippen molar-refractivity contribution in [2.24, 2.45) is 0 Å². The van der Waals surface area contributed by atoms with Crippen molar-refractivity contribution in [1.29, 1.82) is 0 Å². The number of amides is 1. The first-order valence-corrected chi connectivity index (χ1v) is 6.92. The van der Waals surface area contributed by atoms with Crippen LogP contribution in [0, 0.1) is 0 Å². The van der Waals surface area contributed by atoms with Gasteiger partial charge in [-0.25, -0.2) is 0 Å². The normalized spacial score (nSPS) is 36.9. The van der Waals surface area contributed by atoms with Crippen molar-refractivity contribution in [3.05, 3.63) is 0 Å². The molecular weight excluding hydrogens is 232 g/mol. The number of ether oxygens (including phenoxy) is 1. The summed E-state index contributed by atoms with van der Waals surface area (Å²) in [5, 5.41) is 12.6. The summed E-state index contributed by atoms with van der Waals surface area (Å²) in [5.41, 5.74) is -0.378. The number of rotatable bonds is 3. The summed E-state index contributed by atoms with van der Waals surface area (Å²) in [4.78, 5) is 14.5. The van der Waals surface area contributed by atoms with Gasteiger partial charge in [0.15, 0.2) is 0 Å². The second-order valence-electron chi connectivity index (χ2n) is 5.43. The average molecular weight is 256 g/mol. The van der Waals surface area contributed by atoms with Crippen molar-refractivity contribution in [1.82, 2.24) is 10.2 Å². The second kappa shape index (κ2) is 5.55. The van der Waals surface area contributed by atoms with Crippen LogP contribution in [0.3, 0.4) is 0 Å². The van der Waals surface area contributed by atoms with Crippen molar-refractivity contribution in [2.75, 3.05) is 26.2 Å². The van der Waals surface area contributed by atoms with Crippen LogP contribution >= 0.6 is 0 Å². The third-order valence-electron chi connectivity index (χ3n) is 4.07. The van der Waals surface area contributed by atoms with Crippen molar-refractivity contribution in [2.45, 2.75) is 50.9 Å². The zero-order chi connectivity index (χ0) is 13.2. The van der Waals surface area contributed by atoms with Crippen molar-refractivity contribution in [3.8, 4) is 0 Å². The number of nitrogens with zero attached hydrogens (tertiary/aromatic N) is 1. The molecule has 3 unspecified atom stereocenters. The fourth-order valence-electron chi connectivity index (χ4n) is 3.06. The van der Waals surface area contributed by atoms with Gasteiger partial charge in [-0.15, -0.1) is 0 Å². The zero-order valence-corrected chi connectivity index (χ0v) is 11.3. The lowest BCUT2D eigenvalue weighted by Crippen LogP contribution is -2.60. The molecule has 2 heterocycles. The molecule has 0 saturated carbocycles. The summed E-state index contributed by atoms with van der Waals surface area (Å²) in [7, 11) is 0. The maximum absolute atomic E-state index is 12.7. The Morgan fingerprint density at radius 3 is 2.89 bits per heavy atom. The summed E-state index contributed by atoms with van der Waals surface area (Å²) >= 11 is 0. The third kappa shape index (κ3) is 2.53. The minimum Gasteiger partial charge on any atom is -0.394 e. The maximum atomic E-state index is 12.7. The molecule has 0 radical (unpaired) electrons. The number of hydrogen-bond acceptors (Lipinski definition) is 4. The summed E-state index contributed by atoms with van der Waals surface area (Å²) in [6, 6.07) is 0. The van der Waals surface area contributed by atoms with Crippen molar-refractivity contribution < 1.29 is 14.6 Å². The Morgan fingerprint density at radius 2 is 2.33 bits per heavy atom. The molecule has 2 fully saturated rings. The second-order valence-corrected chi connectivity index (χ2v) is 5.43. The van der Waals surface area contributed by atoms with Crippen LogP contribution in [0.15, 0.2) is 0 Å². The van der Waals surface area contributed by atoms with E-state index in [1.165, 1.54) is 0 Å². The molecule has 2 rings (SSSR count). The van der Waals surface area contributed by atoms with Gasteiger partial charge in [-0.05, 0) is 32.7 Å². The molecule has 0 aromatic carbocycles. The van der Waals surface area contributed by atoms with Crippen LogP contribution in [0.25, 0.3) is 0 Å². The highest BCUT2D eigenvalue weighted by Crippen LogP contribution is 2.27. The number of aliphatic hydroxyl groups excluding tert-OH is 1. The van der Waals surface area contributed by atoms with E-state index in [-0.39, 0.29) is 30.3 Å². The quantitative estimate of drug-likeness (QED) is 0.753. The molecule has 3 atom stereocenters. The van der Waals surface area contributed by atoms with E-state index in [1.807, 2.05) is 11.8 Å². The van der Waals surface area contributed by atoms with Crippen molar-refractivity contribution in [3.63, 3.8) is 0 Å². The number of morpholine rings is 1. The van der Waals surface area contributed by atoms with Crippen LogP contribution in [0.1, 0.15) is 33.1 Å². The topological polar surface area (TPSA) is 61.8 Å². The molecule has 0 aromatic heterocycles. The first-order valence-electron chi connectivity index (χ1n) is 6.92. The van der Waals surface area contributed by atoms with E-state index in [0.29, 0.717) is 13.1 Å². The lowest BCUT2D eigenvalue weighted by molar-refractivity contribution is -0.153. The Kier molecular flexibility index (Phi) is 4.25. The highest BCUT2D eigenvalue weighted by molar-refractivity contribution is 5.87. The Labute approximate surface area is 108 Å². The standard InChI is InChI=1S/C13H24N2O3/c1-3-13(5-4-6-14-13)12(17)15-7-10(2)18-11(8-15)9-16/h10-11,14,16H,3-9H2,1-2H3. The van der Waals surface area contributed by atoms with E-state index >= 15 is 0 Å². The molecule has 0 aromatic rings. The lowest BCUT2D eigenvalue weighted by atomic mass is 9.92. The fourth-order valence-corrected chi connectivity index (χ4v) is 3.06. The minimum atomic E-state index is -0.378. The smallest absolute Gasteiger partial charge is 0.243 e. The predicted molar refractivity (Wildman–Crippen MR) is 68.3 cm³/mol. The molecule has 5 heteroatoms. The minimum absolute atomic E-state index is 0.00448. The van der Waals surface area contributed by atoms with E-state index in [4.69, 9.17) is 4.74 Å². The predicted octanol–water partition coefficient (Wildman–Crippen LogP) is 0.127. The average Bonchev–Trinajstić information content (AvgIpc) is 2.87. The maximum Gasteiger partial charge on any atom is 0.243 e.